The van der Waals surface area contributed by atoms with Crippen LogP contribution in [-0.2, 0) is 4.74 Å². The maximum absolute atomic E-state index is 11.1. The number of nitroso groups, excluding NO2 is 1. The molecule has 1 atom stereocenters. The maximum Gasteiger partial charge on any atom is 0.199 e. The standard InChI is InChI=1S/C22H24ClN3O3S/c1-22(2,26-27)18-8-7-15(13-24-18)19-21(30-17-6-4-3-5-16(17)23)29-20(25-19)14-9-11-28-12-10-14/h3-8,14-15H,9-13H2,1-2H3. The molecule has 6 nitrogen and oxygen atoms in total. The third kappa shape index (κ3) is 4.53. The number of rotatable bonds is 6. The highest BCUT2D eigenvalue weighted by molar-refractivity contribution is 7.99. The molecule has 0 bridgehead atoms. The molecular weight excluding hydrogens is 422 g/mol. The average Bonchev–Trinajstić information content (AvgIpc) is 3.20. The average molecular weight is 446 g/mol. The third-order valence-corrected chi connectivity index (χ3v) is 6.89. The highest BCUT2D eigenvalue weighted by atomic mass is 35.5. The number of dihydropyridines is 1. The third-order valence-electron chi connectivity index (χ3n) is 5.40. The summed E-state index contributed by atoms with van der Waals surface area (Å²) >= 11 is 7.86. The number of hydrogen-bond donors (Lipinski definition) is 0. The molecule has 0 spiro atoms. The van der Waals surface area contributed by atoms with E-state index in [-0.39, 0.29) is 11.8 Å². The number of ether oxygens (including phenoxy) is 1. The summed E-state index contributed by atoms with van der Waals surface area (Å²) in [6.45, 7) is 5.48. The Morgan fingerprint density at radius 3 is 2.67 bits per heavy atom. The van der Waals surface area contributed by atoms with Crippen molar-refractivity contribution in [1.82, 2.24) is 4.98 Å². The monoisotopic (exact) mass is 445 g/mol. The van der Waals surface area contributed by atoms with Gasteiger partial charge in [0.25, 0.3) is 0 Å². The van der Waals surface area contributed by atoms with Gasteiger partial charge in [-0.1, -0.05) is 35.0 Å². The van der Waals surface area contributed by atoms with Crippen molar-refractivity contribution in [2.45, 2.75) is 54.1 Å². The number of hydrogen-bond acceptors (Lipinski definition) is 7. The van der Waals surface area contributed by atoms with Gasteiger partial charge in [-0.3, -0.25) is 4.99 Å². The fourth-order valence-electron chi connectivity index (χ4n) is 3.53. The highest BCUT2D eigenvalue weighted by Gasteiger charge is 2.31. The lowest BCUT2D eigenvalue weighted by molar-refractivity contribution is 0.0786. The van der Waals surface area contributed by atoms with E-state index < -0.39 is 5.54 Å². The zero-order chi connectivity index (χ0) is 21.1. The smallest absolute Gasteiger partial charge is 0.199 e. The summed E-state index contributed by atoms with van der Waals surface area (Å²) in [5.41, 5.74) is 0.702. The van der Waals surface area contributed by atoms with Crippen LogP contribution >= 0.6 is 23.4 Å². The molecule has 2 aliphatic heterocycles. The van der Waals surface area contributed by atoms with Gasteiger partial charge in [-0.25, -0.2) is 4.98 Å². The van der Waals surface area contributed by atoms with Crippen LogP contribution in [0.2, 0.25) is 5.02 Å². The summed E-state index contributed by atoms with van der Waals surface area (Å²) in [5, 5.41) is 4.61. The molecule has 0 saturated carbocycles. The second-order valence-electron chi connectivity index (χ2n) is 7.99. The van der Waals surface area contributed by atoms with Crippen molar-refractivity contribution in [2.75, 3.05) is 19.8 Å². The van der Waals surface area contributed by atoms with Crippen molar-refractivity contribution in [1.29, 1.82) is 0 Å². The zero-order valence-electron chi connectivity index (χ0n) is 17.0. The first kappa shape index (κ1) is 21.3. The minimum atomic E-state index is -0.840. The number of nitrogens with zero attached hydrogens (tertiary/aromatic N) is 3. The van der Waals surface area contributed by atoms with Crippen molar-refractivity contribution in [3.8, 4) is 0 Å². The van der Waals surface area contributed by atoms with E-state index in [1.807, 2.05) is 36.4 Å². The minimum absolute atomic E-state index is 0.0291. The van der Waals surface area contributed by atoms with E-state index in [1.165, 1.54) is 11.8 Å². The lowest BCUT2D eigenvalue weighted by Crippen LogP contribution is -2.29. The molecule has 4 rings (SSSR count). The van der Waals surface area contributed by atoms with Gasteiger partial charge in [-0.05, 0) is 56.7 Å². The highest BCUT2D eigenvalue weighted by Crippen LogP contribution is 2.41. The van der Waals surface area contributed by atoms with Crippen molar-refractivity contribution in [3.63, 3.8) is 0 Å². The van der Waals surface area contributed by atoms with Gasteiger partial charge in [0.15, 0.2) is 11.0 Å². The Kier molecular flexibility index (Phi) is 6.41. The Bertz CT molecular complexity index is 980. The first-order chi connectivity index (χ1) is 14.5. The SMILES string of the molecule is CC(C)(N=O)C1=NCC(c2nc(C3CCOCC3)oc2Sc2ccccc2Cl)C=C1. The fraction of sp³-hybridized carbons (Fsp3) is 0.455. The lowest BCUT2D eigenvalue weighted by Gasteiger charge is -2.21. The van der Waals surface area contributed by atoms with E-state index in [0.29, 0.717) is 17.3 Å². The Morgan fingerprint density at radius 2 is 2.00 bits per heavy atom. The molecule has 2 aliphatic rings. The molecule has 1 unspecified atom stereocenters. The summed E-state index contributed by atoms with van der Waals surface area (Å²) in [4.78, 5) is 21.6. The number of benzene rings is 1. The van der Waals surface area contributed by atoms with Crippen molar-refractivity contribution >= 4 is 29.1 Å². The van der Waals surface area contributed by atoms with E-state index in [0.717, 1.165) is 47.6 Å². The molecule has 8 heteroatoms. The van der Waals surface area contributed by atoms with Crippen LogP contribution in [-0.4, -0.2) is 36.0 Å². The Hall–Kier alpha value is -1.96. The maximum atomic E-state index is 11.1. The Labute approximate surface area is 185 Å². The number of aromatic nitrogens is 1. The zero-order valence-corrected chi connectivity index (χ0v) is 18.6. The van der Waals surface area contributed by atoms with Crippen LogP contribution in [0.3, 0.4) is 0 Å². The summed E-state index contributed by atoms with van der Waals surface area (Å²) in [6.07, 6.45) is 5.72. The topological polar surface area (TPSA) is 77.0 Å². The van der Waals surface area contributed by atoms with Crippen LogP contribution in [0, 0.1) is 4.91 Å². The minimum Gasteiger partial charge on any atom is -0.434 e. The number of halogens is 1. The van der Waals surface area contributed by atoms with Crippen molar-refractivity contribution in [3.05, 3.63) is 57.9 Å². The molecule has 1 saturated heterocycles. The van der Waals surface area contributed by atoms with E-state index in [9.17, 15) is 4.91 Å². The van der Waals surface area contributed by atoms with E-state index in [1.54, 1.807) is 13.8 Å². The van der Waals surface area contributed by atoms with Crippen LogP contribution in [0.4, 0.5) is 0 Å². The van der Waals surface area contributed by atoms with E-state index >= 15 is 0 Å². The van der Waals surface area contributed by atoms with Crippen LogP contribution in [0.1, 0.15) is 50.1 Å². The summed E-state index contributed by atoms with van der Waals surface area (Å²) in [6, 6.07) is 7.70. The van der Waals surface area contributed by atoms with Gasteiger partial charge in [-0.2, -0.15) is 0 Å². The van der Waals surface area contributed by atoms with Crippen LogP contribution < -0.4 is 0 Å². The molecule has 0 N–H and O–H groups in total. The quantitative estimate of drug-likeness (QED) is 0.508. The first-order valence-electron chi connectivity index (χ1n) is 10.1. The van der Waals surface area contributed by atoms with Crippen LogP contribution in [0.5, 0.6) is 0 Å². The van der Waals surface area contributed by atoms with E-state index in [4.69, 9.17) is 25.7 Å². The number of aliphatic imine (C=N–C) groups is 1. The van der Waals surface area contributed by atoms with E-state index in [2.05, 4.69) is 10.2 Å². The van der Waals surface area contributed by atoms with Gasteiger partial charge >= 0.3 is 0 Å². The van der Waals surface area contributed by atoms with Gasteiger partial charge < -0.3 is 9.15 Å². The van der Waals surface area contributed by atoms with Crippen LogP contribution in [0.25, 0.3) is 0 Å². The van der Waals surface area contributed by atoms with Crippen LogP contribution in [0.15, 0.2) is 61.0 Å². The summed E-state index contributed by atoms with van der Waals surface area (Å²) in [7, 11) is 0. The molecule has 1 aromatic heterocycles. The summed E-state index contributed by atoms with van der Waals surface area (Å²) < 4.78 is 11.8. The molecule has 158 valence electrons. The summed E-state index contributed by atoms with van der Waals surface area (Å²) in [5.74, 6) is 0.974. The van der Waals surface area contributed by atoms with Gasteiger partial charge in [0.05, 0.1) is 17.3 Å². The largest absolute Gasteiger partial charge is 0.434 e. The van der Waals surface area contributed by atoms with Gasteiger partial charge in [0, 0.05) is 29.9 Å². The van der Waals surface area contributed by atoms with Gasteiger partial charge in [-0.15, -0.1) is 4.91 Å². The second-order valence-corrected chi connectivity index (χ2v) is 9.41. The molecule has 0 radical (unpaired) electrons. The fourth-order valence-corrected chi connectivity index (χ4v) is 4.72. The van der Waals surface area contributed by atoms with Crippen molar-refractivity contribution < 1.29 is 9.15 Å². The Morgan fingerprint density at radius 1 is 1.23 bits per heavy atom. The number of oxazole rings is 1. The normalized spacial score (nSPS) is 20.2. The molecule has 1 aromatic carbocycles. The predicted octanol–water partition coefficient (Wildman–Crippen LogP) is 6.01. The molecular formula is C22H24ClN3O3S. The Balaban J connectivity index is 1.64. The lowest BCUT2D eigenvalue weighted by atomic mass is 9.94. The molecule has 2 aromatic rings. The second kappa shape index (κ2) is 9.04. The molecule has 0 amide bonds. The molecule has 1 fully saturated rings. The van der Waals surface area contributed by atoms with Crippen molar-refractivity contribution in [2.24, 2.45) is 10.2 Å². The molecule has 3 heterocycles. The molecule has 30 heavy (non-hydrogen) atoms. The predicted molar refractivity (Wildman–Crippen MR) is 119 cm³/mol. The first-order valence-corrected chi connectivity index (χ1v) is 11.3. The molecule has 0 aliphatic carbocycles. The van der Waals surface area contributed by atoms with Gasteiger partial charge in [0.1, 0.15) is 11.2 Å². The van der Waals surface area contributed by atoms with Gasteiger partial charge in [0.2, 0.25) is 0 Å².